The maximum atomic E-state index is 9.01. The zero-order chi connectivity index (χ0) is 10.6. The minimum atomic E-state index is 0.358. The van der Waals surface area contributed by atoms with Gasteiger partial charge < -0.3 is 14.9 Å². The molecule has 0 saturated carbocycles. The second-order valence-corrected chi connectivity index (χ2v) is 4.71. The van der Waals surface area contributed by atoms with Crippen LogP contribution in [0.1, 0.15) is 20.3 Å². The van der Waals surface area contributed by atoms with E-state index in [1.807, 2.05) is 0 Å². The number of aliphatic hydroxyl groups excluding tert-OH is 1. The van der Waals surface area contributed by atoms with E-state index < -0.39 is 0 Å². The molecule has 1 rings (SSSR count). The SMILES string of the molecule is CC(C)N(C)CCN1CCC(CO)C1. The molecule has 0 aromatic heterocycles. The quantitative estimate of drug-likeness (QED) is 0.705. The topological polar surface area (TPSA) is 26.7 Å². The van der Waals surface area contributed by atoms with Crippen molar-refractivity contribution in [1.29, 1.82) is 0 Å². The lowest BCUT2D eigenvalue weighted by atomic mass is 10.1. The molecular weight excluding hydrogens is 176 g/mol. The molecule has 1 unspecified atom stereocenters. The van der Waals surface area contributed by atoms with Crippen LogP contribution in [-0.2, 0) is 0 Å². The second-order valence-electron chi connectivity index (χ2n) is 4.71. The summed E-state index contributed by atoms with van der Waals surface area (Å²) in [6, 6.07) is 0.631. The molecule has 3 nitrogen and oxygen atoms in total. The van der Waals surface area contributed by atoms with Gasteiger partial charge in [0.2, 0.25) is 0 Å². The van der Waals surface area contributed by atoms with Crippen molar-refractivity contribution < 1.29 is 5.11 Å². The maximum Gasteiger partial charge on any atom is 0.0471 e. The van der Waals surface area contributed by atoms with Crippen LogP contribution in [0.3, 0.4) is 0 Å². The summed E-state index contributed by atoms with van der Waals surface area (Å²) < 4.78 is 0. The van der Waals surface area contributed by atoms with Crippen LogP contribution in [0.5, 0.6) is 0 Å². The van der Waals surface area contributed by atoms with E-state index in [2.05, 4.69) is 30.7 Å². The van der Waals surface area contributed by atoms with Crippen LogP contribution in [0.2, 0.25) is 0 Å². The third kappa shape index (κ3) is 3.56. The molecule has 1 saturated heterocycles. The van der Waals surface area contributed by atoms with Crippen molar-refractivity contribution in [1.82, 2.24) is 9.80 Å². The summed E-state index contributed by atoms with van der Waals surface area (Å²) in [5.74, 6) is 0.527. The molecule has 0 bridgehead atoms. The molecule has 0 amide bonds. The number of aliphatic hydroxyl groups is 1. The molecule has 0 aliphatic carbocycles. The summed E-state index contributed by atoms with van der Waals surface area (Å²) in [5.41, 5.74) is 0. The Hall–Kier alpha value is -0.120. The fourth-order valence-electron chi connectivity index (χ4n) is 1.82. The summed E-state index contributed by atoms with van der Waals surface area (Å²) in [6.45, 7) is 9.33. The van der Waals surface area contributed by atoms with E-state index in [4.69, 9.17) is 5.11 Å². The van der Waals surface area contributed by atoms with Crippen LogP contribution in [0.25, 0.3) is 0 Å². The van der Waals surface area contributed by atoms with Crippen molar-refractivity contribution in [3.8, 4) is 0 Å². The molecule has 0 aromatic carbocycles. The summed E-state index contributed by atoms with van der Waals surface area (Å²) >= 11 is 0. The number of nitrogens with zero attached hydrogens (tertiary/aromatic N) is 2. The van der Waals surface area contributed by atoms with E-state index in [-0.39, 0.29) is 0 Å². The van der Waals surface area contributed by atoms with E-state index in [0.29, 0.717) is 18.6 Å². The van der Waals surface area contributed by atoms with Crippen LogP contribution < -0.4 is 0 Å². The Morgan fingerprint density at radius 3 is 2.71 bits per heavy atom. The van der Waals surface area contributed by atoms with Gasteiger partial charge in [0.15, 0.2) is 0 Å². The molecule has 1 aliphatic rings. The zero-order valence-corrected chi connectivity index (χ0v) is 9.74. The Kier molecular flexibility index (Phi) is 4.85. The third-order valence-corrected chi connectivity index (χ3v) is 3.28. The number of rotatable bonds is 5. The molecule has 1 heterocycles. The summed E-state index contributed by atoms with van der Waals surface area (Å²) in [4.78, 5) is 4.83. The van der Waals surface area contributed by atoms with Gasteiger partial charge >= 0.3 is 0 Å². The average Bonchev–Trinajstić information content (AvgIpc) is 2.61. The van der Waals surface area contributed by atoms with E-state index in [9.17, 15) is 0 Å². The first-order chi connectivity index (χ1) is 6.63. The smallest absolute Gasteiger partial charge is 0.0471 e. The number of hydrogen-bond acceptors (Lipinski definition) is 3. The predicted molar refractivity (Wildman–Crippen MR) is 59.4 cm³/mol. The van der Waals surface area contributed by atoms with Gasteiger partial charge in [-0.1, -0.05) is 0 Å². The normalized spacial score (nSPS) is 24.0. The van der Waals surface area contributed by atoms with Crippen molar-refractivity contribution in [2.24, 2.45) is 5.92 Å². The molecule has 14 heavy (non-hydrogen) atoms. The molecule has 1 aliphatic heterocycles. The highest BCUT2D eigenvalue weighted by atomic mass is 16.3. The molecule has 1 fully saturated rings. The van der Waals surface area contributed by atoms with Crippen molar-refractivity contribution >= 4 is 0 Å². The maximum absolute atomic E-state index is 9.01. The van der Waals surface area contributed by atoms with Gasteiger partial charge in [0.25, 0.3) is 0 Å². The van der Waals surface area contributed by atoms with Crippen molar-refractivity contribution in [3.63, 3.8) is 0 Å². The summed E-state index contributed by atoms with van der Waals surface area (Å²) in [7, 11) is 2.17. The first-order valence-corrected chi connectivity index (χ1v) is 5.67. The van der Waals surface area contributed by atoms with Crippen LogP contribution in [0, 0.1) is 5.92 Å². The van der Waals surface area contributed by atoms with Crippen LogP contribution in [0.15, 0.2) is 0 Å². The van der Waals surface area contributed by atoms with Gasteiger partial charge in [-0.15, -0.1) is 0 Å². The van der Waals surface area contributed by atoms with E-state index in [1.54, 1.807) is 0 Å². The lowest BCUT2D eigenvalue weighted by Crippen LogP contribution is -2.35. The van der Waals surface area contributed by atoms with Gasteiger partial charge in [-0.25, -0.2) is 0 Å². The minimum absolute atomic E-state index is 0.358. The highest BCUT2D eigenvalue weighted by Gasteiger charge is 2.21. The Bertz CT molecular complexity index is 161. The Morgan fingerprint density at radius 1 is 1.50 bits per heavy atom. The van der Waals surface area contributed by atoms with Crippen LogP contribution in [0.4, 0.5) is 0 Å². The number of likely N-dealkylation sites (N-methyl/N-ethyl adjacent to an activating group) is 1. The molecule has 1 N–H and O–H groups in total. The van der Waals surface area contributed by atoms with Gasteiger partial charge in [0, 0.05) is 32.3 Å². The molecule has 0 radical (unpaired) electrons. The van der Waals surface area contributed by atoms with Gasteiger partial charge in [0.1, 0.15) is 0 Å². The van der Waals surface area contributed by atoms with Crippen molar-refractivity contribution in [2.45, 2.75) is 26.3 Å². The van der Waals surface area contributed by atoms with Gasteiger partial charge in [-0.3, -0.25) is 0 Å². The fourth-order valence-corrected chi connectivity index (χ4v) is 1.82. The van der Waals surface area contributed by atoms with Gasteiger partial charge in [0.05, 0.1) is 0 Å². The highest BCUT2D eigenvalue weighted by Crippen LogP contribution is 2.14. The lowest BCUT2D eigenvalue weighted by Gasteiger charge is -2.24. The van der Waals surface area contributed by atoms with E-state index >= 15 is 0 Å². The minimum Gasteiger partial charge on any atom is -0.396 e. The third-order valence-electron chi connectivity index (χ3n) is 3.28. The first kappa shape index (κ1) is 12.0. The molecule has 0 aromatic rings. The molecule has 0 spiro atoms. The highest BCUT2D eigenvalue weighted by molar-refractivity contribution is 4.75. The van der Waals surface area contributed by atoms with Gasteiger partial charge in [-0.05, 0) is 39.8 Å². The van der Waals surface area contributed by atoms with Crippen molar-refractivity contribution in [3.05, 3.63) is 0 Å². The fraction of sp³-hybridized carbons (Fsp3) is 1.00. The van der Waals surface area contributed by atoms with Gasteiger partial charge in [-0.2, -0.15) is 0 Å². The predicted octanol–water partition coefficient (Wildman–Crippen LogP) is 0.641. The Labute approximate surface area is 87.7 Å². The monoisotopic (exact) mass is 200 g/mol. The number of likely N-dealkylation sites (tertiary alicyclic amines) is 1. The Morgan fingerprint density at radius 2 is 2.21 bits per heavy atom. The molecular formula is C11H24N2O. The van der Waals surface area contributed by atoms with Crippen LogP contribution >= 0.6 is 0 Å². The average molecular weight is 200 g/mol. The zero-order valence-electron chi connectivity index (χ0n) is 9.74. The molecule has 1 atom stereocenters. The standard InChI is InChI=1S/C11H24N2O/c1-10(2)12(3)6-7-13-5-4-11(8-13)9-14/h10-11,14H,4-9H2,1-3H3. The van der Waals surface area contributed by atoms with E-state index in [0.717, 1.165) is 26.2 Å². The largest absolute Gasteiger partial charge is 0.396 e. The first-order valence-electron chi connectivity index (χ1n) is 5.67. The second kappa shape index (κ2) is 5.69. The van der Waals surface area contributed by atoms with E-state index in [1.165, 1.54) is 6.42 Å². The van der Waals surface area contributed by atoms with Crippen LogP contribution in [-0.4, -0.2) is 60.8 Å². The Balaban J connectivity index is 2.14. The number of hydrogen-bond donors (Lipinski definition) is 1. The lowest BCUT2D eigenvalue weighted by molar-refractivity contribution is 0.201. The summed E-state index contributed by atoms with van der Waals surface area (Å²) in [6.07, 6.45) is 1.17. The molecule has 84 valence electrons. The molecule has 3 heteroatoms. The summed E-state index contributed by atoms with van der Waals surface area (Å²) in [5, 5.41) is 9.01. The van der Waals surface area contributed by atoms with Crippen molar-refractivity contribution in [2.75, 3.05) is 39.8 Å².